The number of aromatic nitrogens is 2. The van der Waals surface area contributed by atoms with E-state index in [0.29, 0.717) is 56.3 Å². The fourth-order valence-corrected chi connectivity index (χ4v) is 10.2. The highest BCUT2D eigenvalue weighted by Crippen LogP contribution is 2.23. The second-order valence-corrected chi connectivity index (χ2v) is 22.9. The maximum absolute atomic E-state index is 14.5. The molecular weight excluding hydrogens is 1110 g/mol. The van der Waals surface area contributed by atoms with E-state index in [2.05, 4.69) is 48.5 Å². The number of amides is 6. The Balaban J connectivity index is 2.24. The lowest BCUT2D eigenvalue weighted by molar-refractivity contribution is -0.136. The third-order valence-electron chi connectivity index (χ3n) is 15.4. The van der Waals surface area contributed by atoms with E-state index in [1.165, 1.54) is 82.4 Å². The lowest BCUT2D eigenvalue weighted by Gasteiger charge is -2.26. The number of hydrogen-bond donors (Lipinski definition) is 12. The maximum atomic E-state index is 14.5. The molecule has 24 nitrogen and oxygen atoms in total. The van der Waals surface area contributed by atoms with Gasteiger partial charge in [0.1, 0.15) is 5.75 Å². The summed E-state index contributed by atoms with van der Waals surface area (Å²) in [6.07, 6.45) is 19.5. The van der Waals surface area contributed by atoms with Crippen LogP contribution in [0.2, 0.25) is 0 Å². The summed E-state index contributed by atoms with van der Waals surface area (Å²) < 4.78 is 0. The van der Waals surface area contributed by atoms with Gasteiger partial charge in [-0.15, -0.1) is 0 Å². The van der Waals surface area contributed by atoms with Crippen LogP contribution in [0.4, 0.5) is 0 Å². The summed E-state index contributed by atoms with van der Waals surface area (Å²) in [5.74, 6) is -8.84. The Bertz CT molecular complexity index is 2400. The van der Waals surface area contributed by atoms with E-state index in [-0.39, 0.29) is 107 Å². The van der Waals surface area contributed by atoms with Crippen LogP contribution in [0.5, 0.6) is 5.75 Å². The van der Waals surface area contributed by atoms with E-state index >= 15 is 0 Å². The summed E-state index contributed by atoms with van der Waals surface area (Å²) in [6, 6.07) is 2.57. The van der Waals surface area contributed by atoms with Crippen LogP contribution in [0.25, 0.3) is 0 Å². The number of unbranched alkanes of at least 4 members (excludes halogenated alkanes) is 14. The molecule has 0 saturated heterocycles. The van der Waals surface area contributed by atoms with Crippen molar-refractivity contribution in [3.05, 3.63) is 48.0 Å². The molecule has 0 bridgehead atoms. The number of imidazole rings is 1. The molecule has 0 aliphatic carbocycles. The minimum atomic E-state index is -1.37. The van der Waals surface area contributed by atoms with Crippen molar-refractivity contribution in [2.45, 2.75) is 225 Å². The highest BCUT2D eigenvalue weighted by molar-refractivity contribution is 5.97. The number of guanidine groups is 1. The maximum Gasteiger partial charge on any atom is 0.239 e. The molecule has 2 aromatic rings. The molecule has 24 heteroatoms. The predicted octanol–water partition coefficient (Wildman–Crippen LogP) is 4.35. The number of carbonyl (C=O) groups is 10. The van der Waals surface area contributed by atoms with Gasteiger partial charge in [-0.25, -0.2) is 4.98 Å². The second-order valence-electron chi connectivity index (χ2n) is 22.9. The Hall–Kier alpha value is -7.08. The summed E-state index contributed by atoms with van der Waals surface area (Å²) in [7, 11) is 0. The summed E-state index contributed by atoms with van der Waals surface area (Å²) in [5.41, 5.74) is 29.3. The van der Waals surface area contributed by atoms with Crippen molar-refractivity contribution in [2.24, 2.45) is 51.4 Å². The molecule has 1 aromatic carbocycles. The fourth-order valence-electron chi connectivity index (χ4n) is 10.2. The number of nitrogens with two attached hydrogens (primary N) is 5. The van der Waals surface area contributed by atoms with Gasteiger partial charge in [0.05, 0.1) is 43.5 Å². The highest BCUT2D eigenvalue weighted by Gasteiger charge is 2.34. The molecule has 1 heterocycles. The zero-order valence-corrected chi connectivity index (χ0v) is 52.0. The predicted molar refractivity (Wildman–Crippen MR) is 335 cm³/mol. The number of hydrogen-bond acceptors (Lipinski definition) is 15. The van der Waals surface area contributed by atoms with Gasteiger partial charge in [-0.3, -0.25) is 52.9 Å². The Kier molecular flexibility index (Phi) is 40.3. The number of aromatic amines is 1. The van der Waals surface area contributed by atoms with Gasteiger partial charge in [0.15, 0.2) is 29.1 Å². The topological polar surface area (TPSA) is 422 Å². The number of primary amides is 1. The molecule has 0 spiro atoms. The standard InChI is InChI=1S/C63H105N13O11/c1-3-5-6-7-8-9-10-11-12-13-14-15-16-25-58(83)72-42-59(84)71-41-50(78)37-46(35-44-26-28-49(77)29-27-44)61(86)76-53(30-31-57(66)82)55(80)38-45(22-17-19-32-64)60(85)75-52(23-18-20-33-65)56(81)39-47(36-48-40-69-43-73-48)62(87)74-51(54(79)4-2)24-21-34-70-63(67)68/h26-29,40,43,45-47,51-53,77H,3-25,30-39,41-42,64-65H2,1-2H3,(H2,66,82)(H,69,73)(H,71,84)(H,72,83)(H,74,87)(H,75,85)(H,76,86)(H4,67,68,70)/t45-,46-,47-,51+,52+,53+/m1/s1. The van der Waals surface area contributed by atoms with Crippen LogP contribution >= 0.6 is 0 Å². The number of rotatable bonds is 53. The van der Waals surface area contributed by atoms with Crippen molar-refractivity contribution in [3.8, 4) is 5.75 Å². The van der Waals surface area contributed by atoms with E-state index in [1.54, 1.807) is 19.1 Å². The summed E-state index contributed by atoms with van der Waals surface area (Å²) in [6.45, 7) is 3.89. The minimum absolute atomic E-state index is 0.0377. The number of aliphatic imine (C=N–C) groups is 1. The van der Waals surface area contributed by atoms with Gasteiger partial charge in [-0.2, -0.15) is 0 Å². The number of aromatic hydroxyl groups is 1. The van der Waals surface area contributed by atoms with Crippen LogP contribution in [0, 0.1) is 17.8 Å². The average molecular weight is 1220 g/mol. The highest BCUT2D eigenvalue weighted by atomic mass is 16.3. The number of nitrogens with one attached hydrogen (secondary N) is 6. The minimum Gasteiger partial charge on any atom is -0.508 e. The summed E-state index contributed by atoms with van der Waals surface area (Å²) in [5, 5.41) is 23.5. The van der Waals surface area contributed by atoms with Crippen molar-refractivity contribution >= 4 is 64.5 Å². The van der Waals surface area contributed by atoms with E-state index in [1.807, 2.05) is 0 Å². The molecule has 6 atom stereocenters. The zero-order chi connectivity index (χ0) is 64.2. The number of phenolic OH excluding ortho intramolecular Hbond substituents is 1. The van der Waals surface area contributed by atoms with Crippen LogP contribution in [-0.2, 0) is 60.8 Å². The summed E-state index contributed by atoms with van der Waals surface area (Å²) in [4.78, 5) is 147. The van der Waals surface area contributed by atoms with Gasteiger partial charge in [0.2, 0.25) is 35.4 Å². The van der Waals surface area contributed by atoms with Gasteiger partial charge < -0.3 is 65.3 Å². The normalized spacial score (nSPS) is 13.2. The van der Waals surface area contributed by atoms with E-state index < -0.39 is 102 Å². The lowest BCUT2D eigenvalue weighted by Crippen LogP contribution is -2.49. The molecule has 2 rings (SSSR count). The number of nitrogens with zero attached hydrogens (tertiary/aromatic N) is 2. The van der Waals surface area contributed by atoms with Gasteiger partial charge in [-0.05, 0) is 95.0 Å². The third kappa shape index (κ3) is 35.4. The smallest absolute Gasteiger partial charge is 0.239 e. The Morgan fingerprint density at radius 3 is 1.59 bits per heavy atom. The van der Waals surface area contributed by atoms with Crippen LogP contribution < -0.4 is 55.3 Å². The van der Waals surface area contributed by atoms with Gasteiger partial charge in [0.25, 0.3) is 0 Å². The molecule has 0 unspecified atom stereocenters. The van der Waals surface area contributed by atoms with Crippen molar-refractivity contribution in [2.75, 3.05) is 32.7 Å². The van der Waals surface area contributed by atoms with Crippen LogP contribution in [0.3, 0.4) is 0 Å². The molecule has 0 aliphatic heterocycles. The van der Waals surface area contributed by atoms with Crippen LogP contribution in [-0.4, -0.2) is 130 Å². The van der Waals surface area contributed by atoms with E-state index in [0.717, 1.165) is 19.3 Å². The Morgan fingerprint density at radius 2 is 1.05 bits per heavy atom. The second kappa shape index (κ2) is 46.1. The first-order valence-corrected chi connectivity index (χ1v) is 31.8. The monoisotopic (exact) mass is 1220 g/mol. The average Bonchev–Trinajstić information content (AvgIpc) is 4.22. The number of benzene rings is 1. The van der Waals surface area contributed by atoms with Gasteiger partial charge in [-0.1, -0.05) is 109 Å². The molecule has 0 fully saturated rings. The van der Waals surface area contributed by atoms with Crippen molar-refractivity contribution in [1.29, 1.82) is 0 Å². The summed E-state index contributed by atoms with van der Waals surface area (Å²) >= 11 is 0. The van der Waals surface area contributed by atoms with Crippen LogP contribution in [0.1, 0.15) is 205 Å². The molecular formula is C63H105N13O11. The first-order valence-electron chi connectivity index (χ1n) is 31.8. The molecule has 17 N–H and O–H groups in total. The SMILES string of the molecule is CCCCCCCCCCCCCCCC(=O)NCC(=O)NCC(=O)C[C@@H](Cc1ccc(O)cc1)C(=O)N[C@@H](CCC(N)=O)C(=O)C[C@@H](CCCCN)C(=O)N[C@@H](CCCCN)C(=O)C[C@@H](Cc1cnc[nH]1)C(=O)N[C@@H](CCCN=C(N)N)C(=O)CC. The quantitative estimate of drug-likeness (QED) is 0.0249. The molecule has 0 aliphatic rings. The fraction of sp³-hybridized carbons (Fsp3) is 0.683. The number of Topliss-reactive ketones (excluding diaryl/α,β-unsaturated/α-hetero) is 4. The third-order valence-corrected chi connectivity index (χ3v) is 15.4. The Labute approximate surface area is 514 Å². The molecule has 6 amide bonds. The van der Waals surface area contributed by atoms with Crippen molar-refractivity contribution < 1.29 is 53.1 Å². The lowest BCUT2D eigenvalue weighted by atomic mass is 9.88. The van der Waals surface area contributed by atoms with Crippen molar-refractivity contribution in [3.63, 3.8) is 0 Å². The van der Waals surface area contributed by atoms with E-state index in [4.69, 9.17) is 28.7 Å². The zero-order valence-electron chi connectivity index (χ0n) is 52.0. The van der Waals surface area contributed by atoms with Crippen LogP contribution in [0.15, 0.2) is 41.8 Å². The first kappa shape index (κ1) is 76.0. The number of carbonyl (C=O) groups excluding carboxylic acids is 10. The molecule has 87 heavy (non-hydrogen) atoms. The largest absolute Gasteiger partial charge is 0.508 e. The Morgan fingerprint density at radius 1 is 0.540 bits per heavy atom. The van der Waals surface area contributed by atoms with Gasteiger partial charge >= 0.3 is 0 Å². The van der Waals surface area contributed by atoms with E-state index in [9.17, 15) is 53.1 Å². The molecule has 0 radical (unpaired) electrons. The molecule has 1 aromatic heterocycles. The number of phenols is 1. The number of ketones is 4. The molecule has 0 saturated carbocycles. The van der Waals surface area contributed by atoms with Crippen molar-refractivity contribution in [1.82, 2.24) is 36.6 Å². The van der Waals surface area contributed by atoms with Gasteiger partial charge in [0, 0.05) is 75.2 Å². The molecule has 488 valence electrons. The number of H-pyrrole nitrogens is 1. The first-order chi connectivity index (χ1) is 41.8.